The highest BCUT2D eigenvalue weighted by molar-refractivity contribution is 9.10. The number of carbonyl (C=O) groups excluding carboxylic acids is 1. The third-order valence-corrected chi connectivity index (χ3v) is 4.24. The number of halogens is 1. The molecule has 0 bridgehead atoms. The van der Waals surface area contributed by atoms with Gasteiger partial charge in [0, 0.05) is 35.5 Å². The van der Waals surface area contributed by atoms with Crippen molar-refractivity contribution in [3.8, 4) is 0 Å². The minimum Gasteiger partial charge on any atom is -0.444 e. The van der Waals surface area contributed by atoms with Crippen LogP contribution in [0.5, 0.6) is 0 Å². The molecule has 128 valence electrons. The first-order valence-electron chi connectivity index (χ1n) is 8.14. The summed E-state index contributed by atoms with van der Waals surface area (Å²) in [6.07, 6.45) is 7.43. The van der Waals surface area contributed by atoms with Gasteiger partial charge in [0.05, 0.1) is 0 Å². The monoisotopic (exact) mass is 383 g/mol. The van der Waals surface area contributed by atoms with Gasteiger partial charge in [-0.15, -0.1) is 0 Å². The number of amides is 1. The Hall–Kier alpha value is -1.14. The summed E-state index contributed by atoms with van der Waals surface area (Å²) in [7, 11) is 0. The molecule has 1 aromatic heterocycles. The van der Waals surface area contributed by atoms with Crippen LogP contribution in [0.1, 0.15) is 52.0 Å². The summed E-state index contributed by atoms with van der Waals surface area (Å²) >= 11 is 3.44. The Labute approximate surface area is 146 Å². The second-order valence-corrected chi connectivity index (χ2v) is 8.00. The molecule has 0 aromatic carbocycles. The Balaban J connectivity index is 1.69. The third-order valence-electron chi connectivity index (χ3n) is 3.80. The van der Waals surface area contributed by atoms with E-state index < -0.39 is 5.60 Å². The Morgan fingerprint density at radius 3 is 2.52 bits per heavy atom. The Bertz CT molecular complexity index is 523. The number of rotatable bonds is 4. The average Bonchev–Trinajstić information content (AvgIpc) is 2.44. The Morgan fingerprint density at radius 2 is 1.91 bits per heavy atom. The molecule has 6 heteroatoms. The maximum absolute atomic E-state index is 11.8. The minimum absolute atomic E-state index is 0.218. The van der Waals surface area contributed by atoms with E-state index in [2.05, 4.69) is 37.6 Å². The van der Waals surface area contributed by atoms with E-state index in [0.29, 0.717) is 6.04 Å². The van der Waals surface area contributed by atoms with Gasteiger partial charge >= 0.3 is 6.09 Å². The maximum Gasteiger partial charge on any atom is 0.407 e. The molecule has 5 nitrogen and oxygen atoms in total. The van der Waals surface area contributed by atoms with E-state index in [9.17, 15) is 4.79 Å². The van der Waals surface area contributed by atoms with Crippen LogP contribution in [0.2, 0.25) is 0 Å². The third kappa shape index (κ3) is 6.87. The van der Waals surface area contributed by atoms with Crippen LogP contribution in [0.4, 0.5) is 4.79 Å². The van der Waals surface area contributed by atoms with Crippen LogP contribution in [-0.2, 0) is 11.3 Å². The summed E-state index contributed by atoms with van der Waals surface area (Å²) in [4.78, 5) is 16.0. The van der Waals surface area contributed by atoms with E-state index in [4.69, 9.17) is 4.74 Å². The first-order chi connectivity index (χ1) is 10.8. The molecule has 1 aliphatic carbocycles. The molecule has 1 saturated carbocycles. The van der Waals surface area contributed by atoms with Crippen LogP contribution in [0.15, 0.2) is 22.9 Å². The van der Waals surface area contributed by atoms with E-state index in [1.54, 1.807) is 6.20 Å². The van der Waals surface area contributed by atoms with Crippen LogP contribution in [-0.4, -0.2) is 28.8 Å². The normalized spacial score (nSPS) is 21.7. The fourth-order valence-corrected chi connectivity index (χ4v) is 3.14. The molecule has 0 unspecified atom stereocenters. The number of carbonyl (C=O) groups is 1. The number of hydrogen-bond donors (Lipinski definition) is 2. The molecule has 2 rings (SSSR count). The van der Waals surface area contributed by atoms with E-state index in [-0.39, 0.29) is 12.1 Å². The fraction of sp³-hybridized carbons (Fsp3) is 0.647. The molecular formula is C17H26BrN3O2. The van der Waals surface area contributed by atoms with Gasteiger partial charge in [-0.1, -0.05) is 0 Å². The summed E-state index contributed by atoms with van der Waals surface area (Å²) < 4.78 is 6.31. The molecule has 1 amide bonds. The highest BCUT2D eigenvalue weighted by atomic mass is 79.9. The number of aromatic nitrogens is 1. The standard InChI is InChI=1S/C17H26BrN3O2/c1-17(2,3)23-16(22)21-15-6-4-14(5-7-15)20-10-12-8-13(18)11-19-9-12/h8-9,11,14-15,20H,4-7,10H2,1-3H3,(H,21,22). The minimum atomic E-state index is -0.444. The molecule has 0 spiro atoms. The van der Waals surface area contributed by atoms with Gasteiger partial charge in [-0.25, -0.2) is 4.79 Å². The van der Waals surface area contributed by atoms with Gasteiger partial charge in [0.2, 0.25) is 0 Å². The van der Waals surface area contributed by atoms with Crippen molar-refractivity contribution in [3.05, 3.63) is 28.5 Å². The average molecular weight is 384 g/mol. The van der Waals surface area contributed by atoms with Crippen LogP contribution in [0.25, 0.3) is 0 Å². The fourth-order valence-electron chi connectivity index (χ4n) is 2.73. The molecule has 23 heavy (non-hydrogen) atoms. The van der Waals surface area contributed by atoms with Crippen molar-refractivity contribution in [2.45, 2.75) is 70.7 Å². The summed E-state index contributed by atoms with van der Waals surface area (Å²) in [6.45, 7) is 6.46. The predicted octanol–water partition coefficient (Wildman–Crippen LogP) is 3.77. The van der Waals surface area contributed by atoms with Crippen LogP contribution in [0.3, 0.4) is 0 Å². The lowest BCUT2D eigenvalue weighted by molar-refractivity contribution is 0.0490. The summed E-state index contributed by atoms with van der Waals surface area (Å²) in [5.74, 6) is 0. The lowest BCUT2D eigenvalue weighted by Gasteiger charge is -2.30. The molecule has 1 aliphatic rings. The quantitative estimate of drug-likeness (QED) is 0.830. The zero-order chi connectivity index (χ0) is 16.9. The number of ether oxygens (including phenoxy) is 1. The van der Waals surface area contributed by atoms with E-state index in [1.165, 1.54) is 5.56 Å². The molecule has 0 atom stereocenters. The predicted molar refractivity (Wildman–Crippen MR) is 94.2 cm³/mol. The van der Waals surface area contributed by atoms with E-state index in [0.717, 1.165) is 36.7 Å². The van der Waals surface area contributed by atoms with Crippen LogP contribution >= 0.6 is 15.9 Å². The van der Waals surface area contributed by atoms with Gasteiger partial charge in [-0.3, -0.25) is 4.98 Å². The van der Waals surface area contributed by atoms with Crippen molar-refractivity contribution in [3.63, 3.8) is 0 Å². The first-order valence-corrected chi connectivity index (χ1v) is 8.93. The van der Waals surface area contributed by atoms with Crippen molar-refractivity contribution in [2.24, 2.45) is 0 Å². The molecule has 2 N–H and O–H groups in total. The Kier molecular flexibility index (Phi) is 6.41. The zero-order valence-electron chi connectivity index (χ0n) is 14.1. The molecule has 0 radical (unpaired) electrons. The van der Waals surface area contributed by atoms with Crippen molar-refractivity contribution in [1.82, 2.24) is 15.6 Å². The van der Waals surface area contributed by atoms with Gasteiger partial charge < -0.3 is 15.4 Å². The van der Waals surface area contributed by atoms with Crippen molar-refractivity contribution in [1.29, 1.82) is 0 Å². The lowest BCUT2D eigenvalue weighted by atomic mass is 9.91. The lowest BCUT2D eigenvalue weighted by Crippen LogP contribution is -2.43. The molecule has 0 saturated heterocycles. The molecular weight excluding hydrogens is 358 g/mol. The van der Waals surface area contributed by atoms with Gasteiger partial charge in [0.25, 0.3) is 0 Å². The second kappa shape index (κ2) is 8.11. The topological polar surface area (TPSA) is 63.2 Å². The SMILES string of the molecule is CC(C)(C)OC(=O)NC1CCC(NCc2cncc(Br)c2)CC1. The highest BCUT2D eigenvalue weighted by Crippen LogP contribution is 2.20. The summed E-state index contributed by atoms with van der Waals surface area (Å²) in [5, 5.41) is 6.54. The van der Waals surface area contributed by atoms with Crippen molar-refractivity contribution in [2.75, 3.05) is 0 Å². The molecule has 0 aliphatic heterocycles. The van der Waals surface area contributed by atoms with E-state index in [1.807, 2.05) is 27.0 Å². The molecule has 1 fully saturated rings. The smallest absolute Gasteiger partial charge is 0.407 e. The number of nitrogens with one attached hydrogen (secondary N) is 2. The maximum atomic E-state index is 11.8. The number of hydrogen-bond acceptors (Lipinski definition) is 4. The van der Waals surface area contributed by atoms with Crippen LogP contribution < -0.4 is 10.6 Å². The van der Waals surface area contributed by atoms with Gasteiger partial charge in [0.15, 0.2) is 0 Å². The van der Waals surface area contributed by atoms with Crippen LogP contribution in [0, 0.1) is 0 Å². The van der Waals surface area contributed by atoms with Crippen molar-refractivity contribution < 1.29 is 9.53 Å². The Morgan fingerprint density at radius 1 is 1.26 bits per heavy atom. The van der Waals surface area contributed by atoms with Gasteiger partial charge in [0.1, 0.15) is 5.60 Å². The largest absolute Gasteiger partial charge is 0.444 e. The number of pyridine rings is 1. The summed E-state index contributed by atoms with van der Waals surface area (Å²) in [6, 6.07) is 2.79. The number of nitrogens with zero attached hydrogens (tertiary/aromatic N) is 1. The van der Waals surface area contributed by atoms with E-state index >= 15 is 0 Å². The summed E-state index contributed by atoms with van der Waals surface area (Å²) in [5.41, 5.74) is 0.731. The second-order valence-electron chi connectivity index (χ2n) is 7.09. The van der Waals surface area contributed by atoms with Gasteiger partial charge in [-0.2, -0.15) is 0 Å². The number of alkyl carbamates (subject to hydrolysis) is 1. The van der Waals surface area contributed by atoms with Crippen molar-refractivity contribution >= 4 is 22.0 Å². The molecule has 1 aromatic rings. The molecule has 1 heterocycles. The van der Waals surface area contributed by atoms with Gasteiger partial charge in [-0.05, 0) is 74.0 Å². The first kappa shape index (κ1) is 18.2. The highest BCUT2D eigenvalue weighted by Gasteiger charge is 2.24. The zero-order valence-corrected chi connectivity index (χ0v) is 15.6.